The predicted octanol–water partition coefficient (Wildman–Crippen LogP) is 4.10. The molecule has 0 radical (unpaired) electrons. The number of hydrogen-bond donors (Lipinski definition) is 0. The average Bonchev–Trinajstić information content (AvgIpc) is 2.10. The van der Waals surface area contributed by atoms with E-state index in [1.165, 1.54) is 5.56 Å². The summed E-state index contributed by atoms with van der Waals surface area (Å²) >= 11 is 3.48. The molecule has 1 atom stereocenters. The molecule has 0 saturated heterocycles. The van der Waals surface area contributed by atoms with Crippen molar-refractivity contribution in [2.24, 2.45) is 0 Å². The Morgan fingerprint density at radius 2 is 2.29 bits per heavy atom. The van der Waals surface area contributed by atoms with Gasteiger partial charge in [-0.3, -0.25) is 0 Å². The van der Waals surface area contributed by atoms with Gasteiger partial charge in [-0.25, -0.2) is 0 Å². The van der Waals surface area contributed by atoms with Crippen molar-refractivity contribution < 1.29 is 4.74 Å². The summed E-state index contributed by atoms with van der Waals surface area (Å²) in [5.74, 6) is 0.893. The monoisotopic (exact) mass is 254 g/mol. The van der Waals surface area contributed by atoms with Gasteiger partial charge in [-0.1, -0.05) is 12.1 Å². The van der Waals surface area contributed by atoms with Gasteiger partial charge < -0.3 is 4.74 Å². The molecule has 76 valence electrons. The quantitative estimate of drug-likeness (QED) is 0.736. The molecule has 1 unspecified atom stereocenters. The van der Waals surface area contributed by atoms with Crippen LogP contribution in [0.5, 0.6) is 5.75 Å². The first-order valence-electron chi connectivity index (χ1n) is 4.67. The lowest BCUT2D eigenvalue weighted by atomic mass is 10.2. The van der Waals surface area contributed by atoms with Crippen LogP contribution in [0.25, 0.3) is 0 Å². The smallest absolute Gasteiger partial charge is 0.133 e. The molecule has 2 heteroatoms. The molecule has 0 amide bonds. The van der Waals surface area contributed by atoms with Crippen LogP contribution in [0, 0.1) is 6.92 Å². The third-order valence-corrected chi connectivity index (χ3v) is 2.53. The van der Waals surface area contributed by atoms with Gasteiger partial charge in [0.15, 0.2) is 0 Å². The van der Waals surface area contributed by atoms with Crippen LogP contribution in [-0.2, 0) is 0 Å². The van der Waals surface area contributed by atoms with E-state index in [0.29, 0.717) is 0 Å². The summed E-state index contributed by atoms with van der Waals surface area (Å²) in [4.78, 5) is 0. The van der Waals surface area contributed by atoms with Crippen molar-refractivity contribution in [1.82, 2.24) is 0 Å². The second-order valence-electron chi connectivity index (χ2n) is 3.39. The maximum Gasteiger partial charge on any atom is 0.133 e. The first kappa shape index (κ1) is 11.3. The van der Waals surface area contributed by atoms with Gasteiger partial charge in [-0.05, 0) is 47.5 Å². The molecule has 0 fully saturated rings. The highest BCUT2D eigenvalue weighted by Gasteiger charge is 2.05. The normalized spacial score (nSPS) is 12.2. The second-order valence-corrected chi connectivity index (χ2v) is 4.24. The lowest BCUT2D eigenvalue weighted by molar-refractivity contribution is 0.224. The molecule has 0 spiro atoms. The summed E-state index contributed by atoms with van der Waals surface area (Å²) in [7, 11) is 0. The lowest BCUT2D eigenvalue weighted by Gasteiger charge is -2.14. The molecule has 0 aliphatic rings. The van der Waals surface area contributed by atoms with Crippen LogP contribution < -0.4 is 4.74 Å². The molecule has 1 rings (SSSR count). The van der Waals surface area contributed by atoms with Crippen molar-refractivity contribution in [3.8, 4) is 5.75 Å². The van der Waals surface area contributed by atoms with Gasteiger partial charge in [0.1, 0.15) is 5.75 Å². The van der Waals surface area contributed by atoms with E-state index in [1.807, 2.05) is 25.1 Å². The van der Waals surface area contributed by atoms with E-state index in [9.17, 15) is 0 Å². The summed E-state index contributed by atoms with van der Waals surface area (Å²) in [6.45, 7) is 7.78. The Morgan fingerprint density at radius 1 is 1.57 bits per heavy atom. The molecule has 0 saturated carbocycles. The Balaban J connectivity index is 2.71. The average molecular weight is 255 g/mol. The zero-order valence-corrected chi connectivity index (χ0v) is 10.2. The van der Waals surface area contributed by atoms with E-state index >= 15 is 0 Å². The molecule has 1 aromatic carbocycles. The predicted molar refractivity (Wildman–Crippen MR) is 63.8 cm³/mol. The van der Waals surface area contributed by atoms with Crippen LogP contribution >= 0.6 is 15.9 Å². The van der Waals surface area contributed by atoms with Crippen molar-refractivity contribution in [2.45, 2.75) is 26.4 Å². The molecular formula is C12H15BrO. The van der Waals surface area contributed by atoms with Gasteiger partial charge in [0.25, 0.3) is 0 Å². The van der Waals surface area contributed by atoms with Gasteiger partial charge in [0, 0.05) is 6.42 Å². The topological polar surface area (TPSA) is 9.23 Å². The number of benzene rings is 1. The van der Waals surface area contributed by atoms with E-state index < -0.39 is 0 Å². The Labute approximate surface area is 93.9 Å². The highest BCUT2D eigenvalue weighted by molar-refractivity contribution is 9.10. The Hall–Kier alpha value is -0.760. The number of hydrogen-bond acceptors (Lipinski definition) is 1. The van der Waals surface area contributed by atoms with E-state index in [4.69, 9.17) is 4.74 Å². The van der Waals surface area contributed by atoms with Crippen LogP contribution in [0.1, 0.15) is 18.9 Å². The molecule has 0 aromatic heterocycles. The summed E-state index contributed by atoms with van der Waals surface area (Å²) in [6.07, 6.45) is 2.90. The Kier molecular flexibility index (Phi) is 4.21. The minimum Gasteiger partial charge on any atom is -0.489 e. The number of aryl methyl sites for hydroxylation is 1. The fraction of sp³-hybridized carbons (Fsp3) is 0.333. The van der Waals surface area contributed by atoms with Crippen molar-refractivity contribution >= 4 is 15.9 Å². The minimum absolute atomic E-state index is 0.173. The molecule has 0 N–H and O–H groups in total. The highest BCUT2D eigenvalue weighted by Crippen LogP contribution is 2.26. The first-order valence-corrected chi connectivity index (χ1v) is 5.46. The third kappa shape index (κ3) is 3.18. The van der Waals surface area contributed by atoms with E-state index in [-0.39, 0.29) is 6.10 Å². The number of halogens is 1. The van der Waals surface area contributed by atoms with Crippen LogP contribution in [0.3, 0.4) is 0 Å². The van der Waals surface area contributed by atoms with Crippen molar-refractivity contribution in [3.63, 3.8) is 0 Å². The van der Waals surface area contributed by atoms with Crippen LogP contribution in [0.4, 0.5) is 0 Å². The fourth-order valence-electron chi connectivity index (χ4n) is 1.20. The first-order chi connectivity index (χ1) is 6.63. The largest absolute Gasteiger partial charge is 0.489 e. The fourth-order valence-corrected chi connectivity index (χ4v) is 1.79. The highest BCUT2D eigenvalue weighted by atomic mass is 79.9. The van der Waals surface area contributed by atoms with Gasteiger partial charge in [0.05, 0.1) is 10.6 Å². The van der Waals surface area contributed by atoms with Crippen LogP contribution in [-0.4, -0.2) is 6.10 Å². The number of rotatable bonds is 4. The van der Waals surface area contributed by atoms with Gasteiger partial charge in [0.2, 0.25) is 0 Å². The summed E-state index contributed by atoms with van der Waals surface area (Å²) in [6, 6.07) is 6.08. The zero-order chi connectivity index (χ0) is 10.6. The van der Waals surface area contributed by atoms with E-state index in [1.54, 1.807) is 0 Å². The SMILES string of the molecule is C=CCC(C)Oc1ccc(C)cc1Br. The van der Waals surface area contributed by atoms with E-state index in [2.05, 4.69) is 35.5 Å². The van der Waals surface area contributed by atoms with E-state index in [0.717, 1.165) is 16.6 Å². The molecule has 0 bridgehead atoms. The summed E-state index contributed by atoms with van der Waals surface area (Å²) in [5, 5.41) is 0. The summed E-state index contributed by atoms with van der Waals surface area (Å²) < 4.78 is 6.73. The Morgan fingerprint density at radius 3 is 2.86 bits per heavy atom. The van der Waals surface area contributed by atoms with Crippen LogP contribution in [0.15, 0.2) is 35.3 Å². The Bertz CT molecular complexity index is 320. The van der Waals surface area contributed by atoms with Gasteiger partial charge in [-0.2, -0.15) is 0 Å². The molecule has 0 heterocycles. The molecule has 0 aliphatic carbocycles. The molecule has 14 heavy (non-hydrogen) atoms. The lowest BCUT2D eigenvalue weighted by Crippen LogP contribution is -2.10. The standard InChI is InChI=1S/C12H15BrO/c1-4-5-10(3)14-12-7-6-9(2)8-11(12)13/h4,6-8,10H,1,5H2,2-3H3. The third-order valence-electron chi connectivity index (χ3n) is 1.91. The molecule has 1 aromatic rings. The molecule has 1 nitrogen and oxygen atoms in total. The minimum atomic E-state index is 0.173. The number of ether oxygens (including phenoxy) is 1. The van der Waals surface area contributed by atoms with Crippen molar-refractivity contribution in [2.75, 3.05) is 0 Å². The summed E-state index contributed by atoms with van der Waals surface area (Å²) in [5.41, 5.74) is 1.22. The zero-order valence-electron chi connectivity index (χ0n) is 8.59. The van der Waals surface area contributed by atoms with Crippen molar-refractivity contribution in [1.29, 1.82) is 0 Å². The van der Waals surface area contributed by atoms with Gasteiger partial charge in [-0.15, -0.1) is 6.58 Å². The molecule has 0 aliphatic heterocycles. The van der Waals surface area contributed by atoms with Gasteiger partial charge >= 0.3 is 0 Å². The van der Waals surface area contributed by atoms with Crippen LogP contribution in [0.2, 0.25) is 0 Å². The second kappa shape index (κ2) is 5.20. The van der Waals surface area contributed by atoms with Crippen molar-refractivity contribution in [3.05, 3.63) is 40.9 Å². The maximum absolute atomic E-state index is 5.72. The molecular weight excluding hydrogens is 240 g/mol. The maximum atomic E-state index is 5.72.